The second-order valence-electron chi connectivity index (χ2n) is 6.58. The van der Waals surface area contributed by atoms with Crippen molar-refractivity contribution < 1.29 is 0 Å². The van der Waals surface area contributed by atoms with E-state index in [1.54, 1.807) is 0 Å². The molecule has 26 heavy (non-hydrogen) atoms. The molecule has 0 aromatic heterocycles. The maximum Gasteiger partial charge on any atom is -0.0132 e. The third kappa shape index (κ3) is 7.27. The van der Waals surface area contributed by atoms with E-state index in [9.17, 15) is 0 Å². The van der Waals surface area contributed by atoms with E-state index < -0.39 is 0 Å². The molecule has 0 fully saturated rings. The summed E-state index contributed by atoms with van der Waals surface area (Å²) < 4.78 is 0. The highest BCUT2D eigenvalue weighted by Gasteiger charge is 2.02. The second kappa shape index (κ2) is 12.1. The monoisotopic (exact) mass is 348 g/mol. The average molecular weight is 349 g/mol. The Hall–Kier alpha value is -2.34. The summed E-state index contributed by atoms with van der Waals surface area (Å²) in [5, 5.41) is 0. The van der Waals surface area contributed by atoms with Crippen molar-refractivity contribution >= 4 is 17.2 Å². The smallest absolute Gasteiger partial charge is 0.0132 e. The lowest BCUT2D eigenvalue weighted by Crippen LogP contribution is -1.88. The molecule has 0 heteroatoms. The van der Waals surface area contributed by atoms with Gasteiger partial charge in [0, 0.05) is 0 Å². The van der Waals surface area contributed by atoms with E-state index in [1.807, 2.05) is 39.8 Å². The fourth-order valence-electron chi connectivity index (χ4n) is 2.60. The Morgan fingerprint density at radius 1 is 0.885 bits per heavy atom. The fourth-order valence-corrected chi connectivity index (χ4v) is 2.60. The largest absolute Gasteiger partial charge is 0.0984 e. The Balaban J connectivity index is 0.000000439. The highest BCUT2D eigenvalue weighted by atomic mass is 14.1. The predicted molar refractivity (Wildman–Crippen MR) is 123 cm³/mol. The van der Waals surface area contributed by atoms with E-state index >= 15 is 0 Å². The molecule has 0 atom stereocenters. The number of allylic oxidation sites excluding steroid dienone is 2. The minimum Gasteiger partial charge on any atom is -0.0984 e. The summed E-state index contributed by atoms with van der Waals surface area (Å²) in [7, 11) is 0. The summed E-state index contributed by atoms with van der Waals surface area (Å²) >= 11 is 0. The number of rotatable bonds is 4. The molecule has 0 saturated carbocycles. The summed E-state index contributed by atoms with van der Waals surface area (Å²) in [6.45, 7) is 26.2. The highest BCUT2D eigenvalue weighted by Crippen LogP contribution is 2.22. The molecule has 0 N–H and O–H groups in total. The van der Waals surface area contributed by atoms with Gasteiger partial charge in [-0.25, -0.2) is 0 Å². The van der Waals surface area contributed by atoms with Crippen molar-refractivity contribution in [1.82, 2.24) is 0 Å². The molecule has 2 rings (SSSR count). The van der Waals surface area contributed by atoms with Gasteiger partial charge in [0.1, 0.15) is 0 Å². The van der Waals surface area contributed by atoms with Crippen LogP contribution in [-0.4, -0.2) is 0 Å². The van der Waals surface area contributed by atoms with Crippen LogP contribution in [0.2, 0.25) is 0 Å². The van der Waals surface area contributed by atoms with E-state index in [2.05, 4.69) is 76.9 Å². The molecule has 140 valence electrons. The zero-order valence-corrected chi connectivity index (χ0v) is 17.8. The van der Waals surface area contributed by atoms with E-state index in [0.717, 1.165) is 11.1 Å². The van der Waals surface area contributed by atoms with Crippen molar-refractivity contribution in [3.05, 3.63) is 90.0 Å². The first kappa shape index (κ1) is 23.7. The van der Waals surface area contributed by atoms with Crippen molar-refractivity contribution in [2.45, 2.75) is 54.4 Å². The zero-order valence-electron chi connectivity index (χ0n) is 17.8. The van der Waals surface area contributed by atoms with Crippen LogP contribution >= 0.6 is 0 Å². The summed E-state index contributed by atoms with van der Waals surface area (Å²) in [6, 6.07) is 14.8. The van der Waals surface area contributed by atoms with Gasteiger partial charge in [-0.15, -0.1) is 0 Å². The second-order valence-corrected chi connectivity index (χ2v) is 6.58. The first-order chi connectivity index (χ1) is 12.3. The molecule has 0 heterocycles. The first-order valence-corrected chi connectivity index (χ1v) is 9.41. The average Bonchev–Trinajstić information content (AvgIpc) is 2.63. The maximum atomic E-state index is 3.95. The van der Waals surface area contributed by atoms with Crippen LogP contribution in [0.4, 0.5) is 0 Å². The normalized spacial score (nSPS) is 9.38. The van der Waals surface area contributed by atoms with E-state index in [4.69, 9.17) is 0 Å². The Labute approximate surface area is 162 Å². The molecule has 0 radical (unpaired) electrons. The van der Waals surface area contributed by atoms with E-state index in [-0.39, 0.29) is 0 Å². The molecule has 0 aliphatic carbocycles. The fraction of sp³-hybridized carbons (Fsp3) is 0.308. The zero-order chi connectivity index (χ0) is 20.3. The van der Waals surface area contributed by atoms with Crippen LogP contribution in [0.25, 0.3) is 17.2 Å². The van der Waals surface area contributed by atoms with Crippen LogP contribution in [0.5, 0.6) is 0 Å². The highest BCUT2D eigenvalue weighted by molar-refractivity contribution is 5.73. The number of hydrogen-bond donors (Lipinski definition) is 0. The molecule has 0 unspecified atom stereocenters. The quantitative estimate of drug-likeness (QED) is 0.519. The summed E-state index contributed by atoms with van der Waals surface area (Å²) in [5.41, 5.74) is 8.52. The number of hydrogen-bond acceptors (Lipinski definition) is 0. The van der Waals surface area contributed by atoms with Crippen LogP contribution in [0.1, 0.15) is 75.3 Å². The summed E-state index contributed by atoms with van der Waals surface area (Å²) in [5.74, 6) is 0.615. The molecule has 0 saturated heterocycles. The predicted octanol–water partition coefficient (Wildman–Crippen LogP) is 8.54. The Morgan fingerprint density at radius 2 is 1.42 bits per heavy atom. The van der Waals surface area contributed by atoms with Crippen LogP contribution < -0.4 is 0 Å². The molecule has 0 aliphatic rings. The summed E-state index contributed by atoms with van der Waals surface area (Å²) in [6.07, 6.45) is 1.87. The van der Waals surface area contributed by atoms with Gasteiger partial charge < -0.3 is 0 Å². The van der Waals surface area contributed by atoms with Crippen molar-refractivity contribution in [2.75, 3.05) is 0 Å². The van der Waals surface area contributed by atoms with Gasteiger partial charge in [-0.1, -0.05) is 107 Å². The third-order valence-electron chi connectivity index (χ3n) is 4.02. The number of aryl methyl sites for hydroxylation is 1. The molecular formula is C26H36. The SMILES string of the molecule is C=C(C)c1ccc(C(C)C)cc1.C=Cc1cccc(C)c1C(=C)C.CC. The van der Waals surface area contributed by atoms with E-state index in [1.165, 1.54) is 27.8 Å². The Morgan fingerprint density at radius 3 is 1.77 bits per heavy atom. The minimum absolute atomic E-state index is 0.615. The van der Waals surface area contributed by atoms with Crippen molar-refractivity contribution in [3.63, 3.8) is 0 Å². The topological polar surface area (TPSA) is 0 Å². The minimum atomic E-state index is 0.615. The maximum absolute atomic E-state index is 3.95. The van der Waals surface area contributed by atoms with Gasteiger partial charge in [0.2, 0.25) is 0 Å². The molecule has 2 aromatic carbocycles. The standard InChI is InChI=1S/C12H16.C12H14.C2H6/c1-9(2)11-5-7-12(8-6-11)10(3)4;1-5-11-8-6-7-10(4)12(11)9(2)3;1-2/h5-8,10H,1H2,2-4H3;5-8H,1-2H2,3-4H3;1-2H3. The van der Waals surface area contributed by atoms with Gasteiger partial charge in [0.15, 0.2) is 0 Å². The molecule has 2 aromatic rings. The molecule has 0 nitrogen and oxygen atoms in total. The number of benzene rings is 2. The van der Waals surface area contributed by atoms with Crippen molar-refractivity contribution in [1.29, 1.82) is 0 Å². The van der Waals surface area contributed by atoms with Gasteiger partial charge in [0.25, 0.3) is 0 Å². The lowest BCUT2D eigenvalue weighted by atomic mass is 9.97. The van der Waals surface area contributed by atoms with Gasteiger partial charge >= 0.3 is 0 Å². The van der Waals surface area contributed by atoms with Crippen LogP contribution in [0.3, 0.4) is 0 Å². The molecule has 0 amide bonds. The first-order valence-electron chi connectivity index (χ1n) is 9.41. The molecule has 0 spiro atoms. The van der Waals surface area contributed by atoms with Gasteiger partial charge in [-0.3, -0.25) is 0 Å². The van der Waals surface area contributed by atoms with Gasteiger partial charge in [-0.05, 0) is 54.5 Å². The third-order valence-corrected chi connectivity index (χ3v) is 4.02. The van der Waals surface area contributed by atoms with E-state index in [0.29, 0.717) is 5.92 Å². The molecule has 0 aliphatic heterocycles. The Kier molecular flexibility index (Phi) is 11.0. The van der Waals surface area contributed by atoms with Crippen LogP contribution in [-0.2, 0) is 0 Å². The molecule has 0 bridgehead atoms. The van der Waals surface area contributed by atoms with Gasteiger partial charge in [0.05, 0.1) is 0 Å². The lowest BCUT2D eigenvalue weighted by molar-refractivity contribution is 0.866. The lowest BCUT2D eigenvalue weighted by Gasteiger charge is -2.08. The molecular weight excluding hydrogens is 312 g/mol. The Bertz CT molecular complexity index is 712. The van der Waals surface area contributed by atoms with Crippen LogP contribution in [0.15, 0.2) is 62.2 Å². The van der Waals surface area contributed by atoms with Crippen molar-refractivity contribution in [3.8, 4) is 0 Å². The van der Waals surface area contributed by atoms with Crippen molar-refractivity contribution in [2.24, 2.45) is 0 Å². The van der Waals surface area contributed by atoms with Crippen LogP contribution in [0, 0.1) is 6.92 Å². The summed E-state index contributed by atoms with van der Waals surface area (Å²) in [4.78, 5) is 0. The van der Waals surface area contributed by atoms with Gasteiger partial charge in [-0.2, -0.15) is 0 Å².